The van der Waals surface area contributed by atoms with Crippen LogP contribution in [0.3, 0.4) is 0 Å². The molecule has 0 fully saturated rings. The second-order valence-electron chi connectivity index (χ2n) is 14.1. The Balaban J connectivity index is 1.23. The van der Waals surface area contributed by atoms with Crippen LogP contribution in [-0.2, 0) is 0 Å². The Morgan fingerprint density at radius 2 is 1.00 bits per heavy atom. The summed E-state index contributed by atoms with van der Waals surface area (Å²) in [6, 6.07) is 73.9. The summed E-state index contributed by atoms with van der Waals surface area (Å²) in [7, 11) is 0. The molecule has 2 heterocycles. The number of nitrogens with zero attached hydrogens (tertiary/aromatic N) is 2. The van der Waals surface area contributed by atoms with E-state index in [9.17, 15) is 0 Å². The number of aromatic nitrogens is 1. The lowest BCUT2D eigenvalue weighted by atomic mass is 9.98. The Hall–Kier alpha value is -7.36. The van der Waals surface area contributed by atoms with Crippen molar-refractivity contribution in [1.29, 1.82) is 0 Å². The number of hydrogen-bond acceptors (Lipinski definition) is 2. The zero-order valence-corrected chi connectivity index (χ0v) is 29.9. The molecule has 55 heavy (non-hydrogen) atoms. The van der Waals surface area contributed by atoms with Crippen LogP contribution in [0, 0.1) is 0 Å². The molecule has 3 heteroatoms. The first-order valence-electron chi connectivity index (χ1n) is 18.8. The van der Waals surface area contributed by atoms with Crippen molar-refractivity contribution in [3.05, 3.63) is 206 Å². The summed E-state index contributed by atoms with van der Waals surface area (Å²) in [5.74, 6) is 0. The van der Waals surface area contributed by atoms with Crippen molar-refractivity contribution in [2.24, 2.45) is 0 Å². The molecule has 0 N–H and O–H groups in total. The number of rotatable bonds is 6. The second kappa shape index (κ2) is 12.6. The van der Waals surface area contributed by atoms with Gasteiger partial charge < -0.3 is 13.9 Å². The highest BCUT2D eigenvalue weighted by Crippen LogP contribution is 2.48. The quantitative estimate of drug-likeness (QED) is 0.172. The molecule has 0 aliphatic heterocycles. The molecule has 0 aliphatic rings. The largest absolute Gasteiger partial charge is 0.456 e. The Labute approximate surface area is 318 Å². The predicted octanol–water partition coefficient (Wildman–Crippen LogP) is 14.6. The molecule has 11 aromatic rings. The van der Waals surface area contributed by atoms with Crippen molar-refractivity contribution >= 4 is 71.6 Å². The van der Waals surface area contributed by atoms with Gasteiger partial charge in [0.2, 0.25) is 0 Å². The summed E-state index contributed by atoms with van der Waals surface area (Å²) in [5.41, 5.74) is 13.1. The highest BCUT2D eigenvalue weighted by atomic mass is 16.3. The van der Waals surface area contributed by atoms with Crippen LogP contribution < -0.4 is 4.90 Å². The van der Waals surface area contributed by atoms with Gasteiger partial charge in [-0.25, -0.2) is 0 Å². The van der Waals surface area contributed by atoms with Crippen LogP contribution in [0.25, 0.3) is 82.5 Å². The molecule has 0 radical (unpaired) electrons. The monoisotopic (exact) mass is 702 g/mol. The van der Waals surface area contributed by atoms with Crippen molar-refractivity contribution < 1.29 is 4.42 Å². The molecule has 11 rings (SSSR count). The van der Waals surface area contributed by atoms with Gasteiger partial charge in [0.05, 0.1) is 22.4 Å². The van der Waals surface area contributed by atoms with E-state index in [0.29, 0.717) is 0 Å². The maximum absolute atomic E-state index is 6.70. The van der Waals surface area contributed by atoms with Crippen LogP contribution in [0.2, 0.25) is 0 Å². The van der Waals surface area contributed by atoms with Crippen molar-refractivity contribution in [3.8, 4) is 27.9 Å². The number of hydrogen-bond donors (Lipinski definition) is 0. The minimum atomic E-state index is 0.871. The Bertz CT molecular complexity index is 3180. The summed E-state index contributed by atoms with van der Waals surface area (Å²) in [4.78, 5) is 2.45. The van der Waals surface area contributed by atoms with E-state index in [1.807, 2.05) is 0 Å². The van der Waals surface area contributed by atoms with Crippen molar-refractivity contribution in [3.63, 3.8) is 0 Å². The van der Waals surface area contributed by atoms with Gasteiger partial charge in [-0.2, -0.15) is 0 Å². The second-order valence-corrected chi connectivity index (χ2v) is 14.1. The van der Waals surface area contributed by atoms with Gasteiger partial charge >= 0.3 is 0 Å². The van der Waals surface area contributed by atoms with Gasteiger partial charge in [-0.15, -0.1) is 0 Å². The first-order valence-corrected chi connectivity index (χ1v) is 18.8. The molecular weight excluding hydrogens is 669 g/mol. The molecule has 0 bridgehead atoms. The first-order chi connectivity index (χ1) is 27.3. The molecule has 3 nitrogen and oxygen atoms in total. The molecule has 258 valence electrons. The lowest BCUT2D eigenvalue weighted by Crippen LogP contribution is -2.12. The van der Waals surface area contributed by atoms with Gasteiger partial charge in [-0.1, -0.05) is 146 Å². The van der Waals surface area contributed by atoms with Gasteiger partial charge in [-0.3, -0.25) is 0 Å². The van der Waals surface area contributed by atoms with Crippen LogP contribution in [0.1, 0.15) is 0 Å². The summed E-state index contributed by atoms with van der Waals surface area (Å²) < 4.78 is 9.12. The van der Waals surface area contributed by atoms with Gasteiger partial charge in [0, 0.05) is 38.3 Å². The molecule has 0 unspecified atom stereocenters. The van der Waals surface area contributed by atoms with E-state index in [-0.39, 0.29) is 0 Å². The average Bonchev–Trinajstić information content (AvgIpc) is 3.81. The van der Waals surface area contributed by atoms with E-state index < -0.39 is 0 Å². The molecule has 0 atom stereocenters. The molecule has 0 spiro atoms. The van der Waals surface area contributed by atoms with Crippen molar-refractivity contribution in [2.75, 3.05) is 4.90 Å². The number of anilines is 3. The lowest BCUT2D eigenvalue weighted by molar-refractivity contribution is 0.669. The third-order valence-electron chi connectivity index (χ3n) is 11.0. The van der Waals surface area contributed by atoms with E-state index in [1.54, 1.807) is 0 Å². The molecule has 2 aromatic heterocycles. The fourth-order valence-electron chi connectivity index (χ4n) is 8.49. The van der Waals surface area contributed by atoms with Gasteiger partial charge in [0.25, 0.3) is 0 Å². The SMILES string of the molecule is c1ccc(-c2ccc(N(c3cccc4ccc5oc6cc(-c7ccccc7)ccc6c5c34)c3cccc4c5ccccc5n(-c5ccccc5)c34)cc2)cc1. The predicted molar refractivity (Wildman–Crippen MR) is 231 cm³/mol. The Kier molecular flexibility index (Phi) is 7.17. The normalized spacial score (nSPS) is 11.6. The van der Waals surface area contributed by atoms with Crippen LogP contribution in [-0.4, -0.2) is 4.57 Å². The average molecular weight is 703 g/mol. The number of para-hydroxylation sites is 3. The number of fused-ring (bicyclic) bond motifs is 8. The van der Waals surface area contributed by atoms with Crippen LogP contribution in [0.5, 0.6) is 0 Å². The molecule has 0 saturated heterocycles. The molecule has 0 saturated carbocycles. The number of benzene rings is 9. The smallest absolute Gasteiger partial charge is 0.136 e. The third kappa shape index (κ3) is 5.05. The molecule has 0 aliphatic carbocycles. The highest BCUT2D eigenvalue weighted by molar-refractivity contribution is 6.24. The van der Waals surface area contributed by atoms with Crippen LogP contribution in [0.4, 0.5) is 17.1 Å². The van der Waals surface area contributed by atoms with E-state index in [4.69, 9.17) is 4.42 Å². The highest BCUT2D eigenvalue weighted by Gasteiger charge is 2.24. The summed E-state index contributed by atoms with van der Waals surface area (Å²) in [5, 5.41) is 6.95. The van der Waals surface area contributed by atoms with E-state index in [1.165, 1.54) is 33.0 Å². The first kappa shape index (κ1) is 31.2. The van der Waals surface area contributed by atoms with Crippen LogP contribution in [0.15, 0.2) is 211 Å². The Morgan fingerprint density at radius 3 is 1.78 bits per heavy atom. The van der Waals surface area contributed by atoms with E-state index in [0.717, 1.165) is 66.5 Å². The van der Waals surface area contributed by atoms with E-state index in [2.05, 4.69) is 216 Å². The zero-order valence-electron chi connectivity index (χ0n) is 29.9. The molecule has 9 aromatic carbocycles. The fourth-order valence-corrected chi connectivity index (χ4v) is 8.49. The topological polar surface area (TPSA) is 21.3 Å². The van der Waals surface area contributed by atoms with Gasteiger partial charge in [0.1, 0.15) is 11.2 Å². The summed E-state index contributed by atoms with van der Waals surface area (Å²) in [6.45, 7) is 0. The third-order valence-corrected chi connectivity index (χ3v) is 11.0. The Morgan fingerprint density at radius 1 is 0.382 bits per heavy atom. The van der Waals surface area contributed by atoms with Gasteiger partial charge in [0.15, 0.2) is 0 Å². The summed E-state index contributed by atoms with van der Waals surface area (Å²) >= 11 is 0. The molecule has 0 amide bonds. The minimum Gasteiger partial charge on any atom is -0.456 e. The van der Waals surface area contributed by atoms with Gasteiger partial charge in [-0.05, 0) is 88.3 Å². The number of furan rings is 1. The van der Waals surface area contributed by atoms with Crippen molar-refractivity contribution in [1.82, 2.24) is 4.57 Å². The van der Waals surface area contributed by atoms with Crippen molar-refractivity contribution in [2.45, 2.75) is 0 Å². The maximum Gasteiger partial charge on any atom is 0.136 e. The summed E-state index contributed by atoms with van der Waals surface area (Å²) in [6.07, 6.45) is 0. The molecular formula is C52H34N2O. The lowest BCUT2D eigenvalue weighted by Gasteiger charge is -2.28. The fraction of sp³-hybridized carbons (Fsp3) is 0. The van der Waals surface area contributed by atoms with Crippen LogP contribution >= 0.6 is 0 Å². The maximum atomic E-state index is 6.70. The van der Waals surface area contributed by atoms with E-state index >= 15 is 0 Å². The standard InChI is InChI=1S/C52H34N2O/c1-4-14-35(15-5-1)37-26-30-41(31-27-37)53(47-25-13-22-43-42-21-10-11-23-45(42)54(52(43)47)40-19-8-3-9-20-40)46-24-12-18-38-29-33-48-51(50(38)46)44-32-28-39(34-49(44)55-48)36-16-6-2-7-17-36/h1-34H. The minimum absolute atomic E-state index is 0.871. The zero-order chi connectivity index (χ0) is 36.3.